The second-order valence-corrected chi connectivity index (χ2v) is 11.4. The highest BCUT2D eigenvalue weighted by atomic mass is 32.2. The van der Waals surface area contributed by atoms with Crippen LogP contribution in [0.2, 0.25) is 0 Å². The van der Waals surface area contributed by atoms with Gasteiger partial charge in [0.2, 0.25) is 15.9 Å². The van der Waals surface area contributed by atoms with Crippen molar-refractivity contribution in [1.82, 2.24) is 14.5 Å². The van der Waals surface area contributed by atoms with E-state index in [1.807, 2.05) is 0 Å². The van der Waals surface area contributed by atoms with E-state index in [1.165, 1.54) is 22.7 Å². The summed E-state index contributed by atoms with van der Waals surface area (Å²) in [4.78, 5) is 15.6. The van der Waals surface area contributed by atoms with Crippen LogP contribution in [0.1, 0.15) is 43.7 Å². The number of sulfonamides is 1. The molecule has 0 aliphatic carbocycles. The minimum absolute atomic E-state index is 0.0746. The largest absolute Gasteiger partial charge is 0.352 e. The molecule has 0 radical (unpaired) electrons. The number of nitrogens with zero attached hydrogens (tertiary/aromatic N) is 2. The van der Waals surface area contributed by atoms with Crippen LogP contribution >= 0.6 is 0 Å². The summed E-state index contributed by atoms with van der Waals surface area (Å²) in [5.74, 6) is 0.439. The van der Waals surface area contributed by atoms with Crippen LogP contribution < -0.4 is 5.32 Å². The first-order chi connectivity index (χ1) is 15.9. The van der Waals surface area contributed by atoms with Crippen LogP contribution in [0.3, 0.4) is 0 Å². The van der Waals surface area contributed by atoms with Gasteiger partial charge in [0.1, 0.15) is 0 Å². The lowest BCUT2D eigenvalue weighted by atomic mass is 9.98. The zero-order valence-electron chi connectivity index (χ0n) is 19.4. The lowest BCUT2D eigenvalue weighted by Gasteiger charge is -2.31. The van der Waals surface area contributed by atoms with Gasteiger partial charge in [-0.1, -0.05) is 49.4 Å². The highest BCUT2D eigenvalue weighted by molar-refractivity contribution is 7.89. The molecule has 2 aromatic rings. The molecule has 2 aliphatic heterocycles. The maximum atomic E-state index is 12.9. The Morgan fingerprint density at radius 2 is 1.61 bits per heavy atom. The predicted molar refractivity (Wildman–Crippen MR) is 130 cm³/mol. The van der Waals surface area contributed by atoms with Crippen molar-refractivity contribution in [3.63, 3.8) is 0 Å². The van der Waals surface area contributed by atoms with Gasteiger partial charge >= 0.3 is 0 Å². The van der Waals surface area contributed by atoms with E-state index >= 15 is 0 Å². The topological polar surface area (TPSA) is 69.7 Å². The molecule has 0 spiro atoms. The van der Waals surface area contributed by atoms with E-state index in [9.17, 15) is 13.2 Å². The van der Waals surface area contributed by atoms with Crippen molar-refractivity contribution >= 4 is 15.9 Å². The van der Waals surface area contributed by atoms with Crippen molar-refractivity contribution in [3.8, 4) is 0 Å². The second-order valence-electron chi connectivity index (χ2n) is 9.51. The molecule has 2 aromatic carbocycles. The number of hydrogen-bond acceptors (Lipinski definition) is 4. The van der Waals surface area contributed by atoms with E-state index in [1.54, 1.807) is 30.3 Å². The summed E-state index contributed by atoms with van der Waals surface area (Å²) in [5, 5.41) is 3.02. The maximum absolute atomic E-state index is 12.9. The summed E-state index contributed by atoms with van der Waals surface area (Å²) >= 11 is 0. The molecule has 2 heterocycles. The molecule has 1 atom stereocenters. The monoisotopic (exact) mass is 469 g/mol. The molecule has 178 valence electrons. The first kappa shape index (κ1) is 23.9. The van der Waals surface area contributed by atoms with E-state index in [0.29, 0.717) is 25.9 Å². The molecule has 1 N–H and O–H groups in total. The minimum atomic E-state index is -3.57. The van der Waals surface area contributed by atoms with Gasteiger partial charge in [-0.15, -0.1) is 0 Å². The van der Waals surface area contributed by atoms with Gasteiger partial charge in [-0.3, -0.25) is 9.69 Å². The molecule has 4 rings (SSSR count). The van der Waals surface area contributed by atoms with Crippen LogP contribution in [0, 0.1) is 11.8 Å². The van der Waals surface area contributed by atoms with Crippen molar-refractivity contribution in [2.45, 2.75) is 50.6 Å². The number of carbonyl (C=O) groups excluding carboxylic acids is 1. The Bertz CT molecular complexity index is 1020. The third-order valence-electron chi connectivity index (χ3n) is 6.91. The highest BCUT2D eigenvalue weighted by Gasteiger charge is 2.33. The van der Waals surface area contributed by atoms with Crippen LogP contribution in [0.5, 0.6) is 0 Å². The molecule has 0 bridgehead atoms. The molecule has 33 heavy (non-hydrogen) atoms. The number of nitrogens with one attached hydrogen (secondary N) is 1. The maximum Gasteiger partial charge on any atom is 0.243 e. The van der Waals surface area contributed by atoms with Gasteiger partial charge in [-0.2, -0.15) is 4.31 Å². The van der Waals surface area contributed by atoms with Gasteiger partial charge in [0.15, 0.2) is 0 Å². The van der Waals surface area contributed by atoms with Gasteiger partial charge in [0, 0.05) is 26.2 Å². The Morgan fingerprint density at radius 1 is 0.939 bits per heavy atom. The fourth-order valence-electron chi connectivity index (χ4n) is 4.69. The van der Waals surface area contributed by atoms with Gasteiger partial charge in [-0.05, 0) is 68.0 Å². The van der Waals surface area contributed by atoms with Crippen LogP contribution in [0.4, 0.5) is 0 Å². The normalized spacial score (nSPS) is 21.1. The molecule has 1 amide bonds. The van der Waals surface area contributed by atoms with E-state index in [-0.39, 0.29) is 23.3 Å². The van der Waals surface area contributed by atoms with Gasteiger partial charge in [0.25, 0.3) is 0 Å². The van der Waals surface area contributed by atoms with Crippen LogP contribution in [0.25, 0.3) is 0 Å². The first-order valence-corrected chi connectivity index (χ1v) is 13.5. The predicted octanol–water partition coefficient (Wildman–Crippen LogP) is 3.64. The van der Waals surface area contributed by atoms with E-state index in [2.05, 4.69) is 41.4 Å². The molecule has 7 heteroatoms. The van der Waals surface area contributed by atoms with Crippen molar-refractivity contribution < 1.29 is 13.2 Å². The number of likely N-dealkylation sites (tertiary alicyclic amines) is 1. The molecule has 2 saturated heterocycles. The molecule has 0 aromatic heterocycles. The number of hydrogen-bond donors (Lipinski definition) is 1. The smallest absolute Gasteiger partial charge is 0.243 e. The summed E-state index contributed by atoms with van der Waals surface area (Å²) < 4.78 is 27.3. The third kappa shape index (κ3) is 6.22. The molecule has 6 nitrogen and oxygen atoms in total. The first-order valence-electron chi connectivity index (χ1n) is 12.0. The van der Waals surface area contributed by atoms with Gasteiger partial charge in [-0.25, -0.2) is 8.42 Å². The SMILES string of the molecule is CC1CCN(Cc2ccc(CNC(=O)C3CCCN(S(=O)(=O)c4ccccc4)C3)cc2)CC1. The average Bonchev–Trinajstić information content (AvgIpc) is 2.85. The van der Waals surface area contributed by atoms with Gasteiger partial charge < -0.3 is 5.32 Å². The number of benzene rings is 2. The molecule has 1 unspecified atom stereocenters. The van der Waals surface area contributed by atoms with Crippen LogP contribution in [-0.2, 0) is 27.9 Å². The zero-order chi connectivity index (χ0) is 23.3. The zero-order valence-corrected chi connectivity index (χ0v) is 20.3. The summed E-state index contributed by atoms with van der Waals surface area (Å²) in [6.45, 7) is 6.78. The van der Waals surface area contributed by atoms with Gasteiger partial charge in [0.05, 0.1) is 10.8 Å². The quantitative estimate of drug-likeness (QED) is 0.672. The van der Waals surface area contributed by atoms with Crippen molar-refractivity contribution in [3.05, 3.63) is 65.7 Å². The minimum Gasteiger partial charge on any atom is -0.352 e. The fourth-order valence-corrected chi connectivity index (χ4v) is 6.24. The van der Waals surface area contributed by atoms with Crippen molar-refractivity contribution in [1.29, 1.82) is 0 Å². The Kier molecular flexibility index (Phi) is 7.83. The molecule has 2 fully saturated rings. The summed E-state index contributed by atoms with van der Waals surface area (Å²) in [7, 11) is -3.57. The average molecular weight is 470 g/mol. The van der Waals surface area contributed by atoms with Crippen LogP contribution in [-0.4, -0.2) is 49.7 Å². The lowest BCUT2D eigenvalue weighted by Crippen LogP contribution is -2.45. The Morgan fingerprint density at radius 3 is 2.30 bits per heavy atom. The van der Waals surface area contributed by atoms with Crippen molar-refractivity contribution in [2.75, 3.05) is 26.2 Å². The number of rotatable bonds is 7. The lowest BCUT2D eigenvalue weighted by molar-refractivity contribution is -0.126. The highest BCUT2D eigenvalue weighted by Crippen LogP contribution is 2.24. The number of carbonyl (C=O) groups is 1. The Balaban J connectivity index is 1.28. The second kappa shape index (κ2) is 10.8. The molecule has 0 saturated carbocycles. The third-order valence-corrected chi connectivity index (χ3v) is 8.79. The Labute approximate surface area is 198 Å². The summed E-state index contributed by atoms with van der Waals surface area (Å²) in [6.07, 6.45) is 3.94. The number of amides is 1. The standard InChI is InChI=1S/C26H35N3O3S/c1-21-13-16-28(17-14-21)19-23-11-9-22(10-12-23)18-27-26(30)24-6-5-15-29(20-24)33(31,32)25-7-3-2-4-8-25/h2-4,7-12,21,24H,5-6,13-20H2,1H3,(H,27,30). The van der Waals surface area contributed by atoms with Crippen LogP contribution in [0.15, 0.2) is 59.5 Å². The molecule has 2 aliphatic rings. The Hall–Kier alpha value is -2.22. The van der Waals surface area contributed by atoms with E-state index in [0.717, 1.165) is 31.1 Å². The summed E-state index contributed by atoms with van der Waals surface area (Å²) in [5.41, 5.74) is 2.36. The molecular formula is C26H35N3O3S. The van der Waals surface area contributed by atoms with Crippen molar-refractivity contribution in [2.24, 2.45) is 11.8 Å². The van der Waals surface area contributed by atoms with E-state index in [4.69, 9.17) is 0 Å². The fraction of sp³-hybridized carbons (Fsp3) is 0.500. The molecular weight excluding hydrogens is 434 g/mol. The number of piperidine rings is 2. The summed E-state index contributed by atoms with van der Waals surface area (Å²) in [6, 6.07) is 16.9. The van der Waals surface area contributed by atoms with E-state index < -0.39 is 10.0 Å².